The molecule has 0 unspecified atom stereocenters. The Labute approximate surface area is 77.7 Å². The third-order valence-corrected chi connectivity index (χ3v) is 2.31. The van der Waals surface area contributed by atoms with E-state index in [4.69, 9.17) is 5.73 Å². The van der Waals surface area contributed by atoms with Gasteiger partial charge in [0.05, 0.1) is 0 Å². The lowest BCUT2D eigenvalue weighted by Gasteiger charge is -1.96. The second-order valence-corrected chi connectivity index (χ2v) is 3.29. The van der Waals surface area contributed by atoms with Crippen LogP contribution < -0.4 is 5.73 Å². The highest BCUT2D eigenvalue weighted by molar-refractivity contribution is 7.98. The van der Waals surface area contributed by atoms with Crippen LogP contribution in [-0.4, -0.2) is 12.8 Å². The molecular weight excluding hydrogens is 166 g/mol. The summed E-state index contributed by atoms with van der Waals surface area (Å²) in [6.07, 6.45) is 6.06. The molecule has 0 aliphatic rings. The number of nitrogens with two attached hydrogens (primary N) is 1. The van der Waals surface area contributed by atoms with Gasteiger partial charge in [-0.2, -0.15) is 0 Å². The van der Waals surface area contributed by atoms with E-state index in [1.54, 1.807) is 11.8 Å². The van der Waals surface area contributed by atoms with E-state index in [0.717, 1.165) is 0 Å². The van der Waals surface area contributed by atoms with E-state index in [9.17, 15) is 0 Å². The molecule has 12 heavy (non-hydrogen) atoms. The first-order chi connectivity index (χ1) is 5.86. The van der Waals surface area contributed by atoms with Crippen molar-refractivity contribution in [1.29, 1.82) is 0 Å². The molecule has 2 heteroatoms. The van der Waals surface area contributed by atoms with Crippen LogP contribution in [0, 0.1) is 0 Å². The molecule has 0 saturated heterocycles. The van der Waals surface area contributed by atoms with Crippen LogP contribution in [0.2, 0.25) is 0 Å². The summed E-state index contributed by atoms with van der Waals surface area (Å²) >= 11 is 1.75. The van der Waals surface area contributed by atoms with Gasteiger partial charge in [0, 0.05) is 11.4 Å². The van der Waals surface area contributed by atoms with Crippen molar-refractivity contribution in [2.45, 2.75) is 4.90 Å². The van der Waals surface area contributed by atoms with Crippen LogP contribution >= 0.6 is 11.8 Å². The number of hydrogen-bond acceptors (Lipinski definition) is 2. The van der Waals surface area contributed by atoms with Gasteiger partial charge < -0.3 is 5.73 Å². The summed E-state index contributed by atoms with van der Waals surface area (Å²) in [6.45, 7) is 0.601. The van der Waals surface area contributed by atoms with Gasteiger partial charge >= 0.3 is 0 Å². The lowest BCUT2D eigenvalue weighted by atomic mass is 10.2. The van der Waals surface area contributed by atoms with Crippen LogP contribution in [0.25, 0.3) is 6.08 Å². The van der Waals surface area contributed by atoms with Gasteiger partial charge in [-0.1, -0.05) is 24.3 Å². The molecule has 1 nitrogen and oxygen atoms in total. The van der Waals surface area contributed by atoms with Crippen LogP contribution in [0.1, 0.15) is 5.56 Å². The van der Waals surface area contributed by atoms with Gasteiger partial charge in [-0.3, -0.25) is 0 Å². The SMILES string of the molecule is CSc1ccc(/C=C/CN)cc1. The molecule has 0 heterocycles. The minimum absolute atomic E-state index is 0.601. The van der Waals surface area contributed by atoms with Crippen molar-refractivity contribution < 1.29 is 0 Å². The van der Waals surface area contributed by atoms with Crippen LogP contribution in [0.15, 0.2) is 35.2 Å². The first-order valence-electron chi connectivity index (χ1n) is 3.87. The third-order valence-electron chi connectivity index (χ3n) is 1.56. The van der Waals surface area contributed by atoms with E-state index in [2.05, 4.69) is 30.5 Å². The molecule has 0 fully saturated rings. The molecule has 0 amide bonds. The minimum Gasteiger partial charge on any atom is -0.327 e. The van der Waals surface area contributed by atoms with Crippen molar-refractivity contribution in [3.05, 3.63) is 35.9 Å². The van der Waals surface area contributed by atoms with E-state index in [0.29, 0.717) is 6.54 Å². The fourth-order valence-corrected chi connectivity index (χ4v) is 1.33. The normalized spacial score (nSPS) is 10.8. The number of benzene rings is 1. The molecule has 64 valence electrons. The summed E-state index contributed by atoms with van der Waals surface area (Å²) in [5.74, 6) is 0. The Kier molecular flexibility index (Phi) is 3.91. The summed E-state index contributed by atoms with van der Waals surface area (Å²) in [7, 11) is 0. The van der Waals surface area contributed by atoms with Crippen molar-refractivity contribution >= 4 is 17.8 Å². The van der Waals surface area contributed by atoms with Gasteiger partial charge in [0.25, 0.3) is 0 Å². The summed E-state index contributed by atoms with van der Waals surface area (Å²) in [6, 6.07) is 8.41. The zero-order valence-electron chi connectivity index (χ0n) is 7.16. The van der Waals surface area contributed by atoms with Crippen molar-refractivity contribution in [3.63, 3.8) is 0 Å². The Hall–Kier alpha value is -0.730. The van der Waals surface area contributed by atoms with Crippen molar-refractivity contribution in [2.75, 3.05) is 12.8 Å². The molecule has 1 aromatic carbocycles. The zero-order chi connectivity index (χ0) is 8.81. The highest BCUT2D eigenvalue weighted by atomic mass is 32.2. The molecule has 1 rings (SSSR count). The fourth-order valence-electron chi connectivity index (χ4n) is 0.919. The Morgan fingerprint density at radius 1 is 1.33 bits per heavy atom. The maximum Gasteiger partial charge on any atom is 0.0110 e. The topological polar surface area (TPSA) is 26.0 Å². The number of thioether (sulfide) groups is 1. The Morgan fingerprint density at radius 2 is 2.00 bits per heavy atom. The van der Waals surface area contributed by atoms with E-state index >= 15 is 0 Å². The maximum absolute atomic E-state index is 5.34. The Balaban J connectivity index is 2.71. The zero-order valence-corrected chi connectivity index (χ0v) is 7.97. The monoisotopic (exact) mass is 179 g/mol. The fraction of sp³-hybridized carbons (Fsp3) is 0.200. The average molecular weight is 179 g/mol. The average Bonchev–Trinajstić information content (AvgIpc) is 2.15. The summed E-state index contributed by atoms with van der Waals surface area (Å²) in [4.78, 5) is 1.29. The highest BCUT2D eigenvalue weighted by Gasteiger charge is 1.88. The van der Waals surface area contributed by atoms with Crippen molar-refractivity contribution in [3.8, 4) is 0 Å². The predicted molar refractivity (Wildman–Crippen MR) is 56.3 cm³/mol. The number of hydrogen-bond donors (Lipinski definition) is 1. The lowest BCUT2D eigenvalue weighted by Crippen LogP contribution is -1.91. The first kappa shape index (κ1) is 9.36. The van der Waals surface area contributed by atoms with E-state index in [1.165, 1.54) is 10.5 Å². The van der Waals surface area contributed by atoms with Crippen LogP contribution in [-0.2, 0) is 0 Å². The van der Waals surface area contributed by atoms with E-state index in [-0.39, 0.29) is 0 Å². The molecule has 1 aromatic rings. The quantitative estimate of drug-likeness (QED) is 0.721. The second kappa shape index (κ2) is 5.01. The van der Waals surface area contributed by atoms with Gasteiger partial charge in [-0.05, 0) is 24.0 Å². The predicted octanol–water partition coefficient (Wildman–Crippen LogP) is 2.38. The molecule has 0 spiro atoms. The van der Waals surface area contributed by atoms with Gasteiger partial charge in [0.1, 0.15) is 0 Å². The molecule has 0 aromatic heterocycles. The molecule has 0 saturated carbocycles. The van der Waals surface area contributed by atoms with Crippen LogP contribution in [0.3, 0.4) is 0 Å². The standard InChI is InChI=1S/C10H13NS/c1-12-10-6-4-9(5-7-10)3-2-8-11/h2-7H,8,11H2,1H3/b3-2+. The van der Waals surface area contributed by atoms with Gasteiger partial charge in [-0.15, -0.1) is 11.8 Å². The van der Waals surface area contributed by atoms with E-state index < -0.39 is 0 Å². The molecule has 0 radical (unpaired) electrons. The third kappa shape index (κ3) is 2.72. The Bertz CT molecular complexity index is 251. The maximum atomic E-state index is 5.34. The smallest absolute Gasteiger partial charge is 0.0110 e. The lowest BCUT2D eigenvalue weighted by molar-refractivity contribution is 1.26. The largest absolute Gasteiger partial charge is 0.327 e. The molecule has 0 aliphatic heterocycles. The van der Waals surface area contributed by atoms with Crippen molar-refractivity contribution in [2.24, 2.45) is 5.73 Å². The van der Waals surface area contributed by atoms with E-state index in [1.807, 2.05) is 12.2 Å². The molecule has 0 aliphatic carbocycles. The van der Waals surface area contributed by atoms with Gasteiger partial charge in [0.15, 0.2) is 0 Å². The molecular formula is C10H13NS. The second-order valence-electron chi connectivity index (χ2n) is 2.41. The highest BCUT2D eigenvalue weighted by Crippen LogP contribution is 2.15. The van der Waals surface area contributed by atoms with Gasteiger partial charge in [-0.25, -0.2) is 0 Å². The number of rotatable bonds is 3. The van der Waals surface area contributed by atoms with Crippen LogP contribution in [0.4, 0.5) is 0 Å². The minimum atomic E-state index is 0.601. The van der Waals surface area contributed by atoms with Crippen LogP contribution in [0.5, 0.6) is 0 Å². The molecule has 0 atom stereocenters. The van der Waals surface area contributed by atoms with Gasteiger partial charge in [0.2, 0.25) is 0 Å². The summed E-state index contributed by atoms with van der Waals surface area (Å²) < 4.78 is 0. The summed E-state index contributed by atoms with van der Waals surface area (Å²) in [5, 5.41) is 0. The summed E-state index contributed by atoms with van der Waals surface area (Å²) in [5.41, 5.74) is 6.55. The van der Waals surface area contributed by atoms with Crippen molar-refractivity contribution in [1.82, 2.24) is 0 Å². The Morgan fingerprint density at radius 3 is 2.50 bits per heavy atom. The molecule has 0 bridgehead atoms. The first-order valence-corrected chi connectivity index (χ1v) is 5.10. The molecule has 2 N–H and O–H groups in total.